The highest BCUT2D eigenvalue weighted by molar-refractivity contribution is 5.68. The van der Waals surface area contributed by atoms with Crippen LogP contribution >= 0.6 is 0 Å². The van der Waals surface area contributed by atoms with Crippen molar-refractivity contribution < 1.29 is 71.7 Å². The monoisotopic (exact) mass is 870 g/mol. The van der Waals surface area contributed by atoms with Crippen LogP contribution in [-0.2, 0) is 93.0 Å². The van der Waals surface area contributed by atoms with Crippen LogP contribution in [0.25, 0.3) is 0 Å². The number of aliphatic hydroxyl groups is 1. The highest BCUT2D eigenvalue weighted by Crippen LogP contribution is 2.38. The molecule has 336 valence electrons. The molecule has 0 unspecified atom stereocenters. The molecule has 63 heavy (non-hydrogen) atoms. The molecule has 1 saturated carbocycles. The Hall–Kier alpha value is -5.52. The van der Waals surface area contributed by atoms with Gasteiger partial charge in [0.1, 0.15) is 49.3 Å². The Bertz CT molecular complexity index is 2040. The zero-order valence-corrected chi connectivity index (χ0v) is 35.6. The van der Waals surface area contributed by atoms with Gasteiger partial charge in [0, 0.05) is 27.7 Å². The fourth-order valence-corrected chi connectivity index (χ4v) is 7.58. The molecule has 4 aromatic rings. The minimum absolute atomic E-state index is 0.0306. The first-order valence-corrected chi connectivity index (χ1v) is 20.7. The molecule has 2 fully saturated rings. The van der Waals surface area contributed by atoms with Crippen LogP contribution in [0.3, 0.4) is 0 Å². The summed E-state index contributed by atoms with van der Waals surface area (Å²) < 4.78 is 62.3. The van der Waals surface area contributed by atoms with Crippen LogP contribution in [0.15, 0.2) is 121 Å². The van der Waals surface area contributed by atoms with Gasteiger partial charge in [-0.15, -0.1) is 0 Å². The number of aliphatic hydroxyl groups excluding tert-OH is 1. The third kappa shape index (κ3) is 13.5. The summed E-state index contributed by atoms with van der Waals surface area (Å²) in [6.07, 6.45) is -14.8. The van der Waals surface area contributed by atoms with Crippen molar-refractivity contribution in [3.8, 4) is 0 Å². The van der Waals surface area contributed by atoms with Crippen molar-refractivity contribution in [2.45, 2.75) is 121 Å². The first-order valence-electron chi connectivity index (χ1n) is 20.7. The quantitative estimate of drug-likeness (QED) is 0.0963. The lowest BCUT2D eigenvalue weighted by Gasteiger charge is -2.50. The number of esters is 4. The summed E-state index contributed by atoms with van der Waals surface area (Å²) in [7, 11) is 0. The molecule has 0 amide bonds. The summed E-state index contributed by atoms with van der Waals surface area (Å²) in [5, 5.41) is 12.7. The largest absolute Gasteiger partial charge is 0.463 e. The van der Waals surface area contributed by atoms with Gasteiger partial charge in [-0.2, -0.15) is 0 Å². The normalized spacial score (nSPS) is 26.8. The number of hydrogen-bond donors (Lipinski definition) is 1. The Morgan fingerprint density at radius 2 is 0.794 bits per heavy atom. The molecule has 0 spiro atoms. The maximum atomic E-state index is 12.8. The molecular weight excluding hydrogens is 817 g/mol. The van der Waals surface area contributed by atoms with Gasteiger partial charge in [0.25, 0.3) is 0 Å². The van der Waals surface area contributed by atoms with Gasteiger partial charge < -0.3 is 52.5 Å². The lowest BCUT2D eigenvalue weighted by atomic mass is 9.83. The van der Waals surface area contributed by atoms with E-state index in [2.05, 4.69) is 0 Å². The number of benzene rings is 4. The van der Waals surface area contributed by atoms with Crippen molar-refractivity contribution >= 4 is 23.9 Å². The highest BCUT2D eigenvalue weighted by atomic mass is 16.7. The van der Waals surface area contributed by atoms with Crippen LogP contribution in [0.4, 0.5) is 0 Å². The molecule has 1 N–H and O–H groups in total. The van der Waals surface area contributed by atoms with Gasteiger partial charge in [-0.1, -0.05) is 121 Å². The van der Waals surface area contributed by atoms with E-state index in [1.54, 1.807) is 0 Å². The van der Waals surface area contributed by atoms with Gasteiger partial charge in [0.05, 0.1) is 26.4 Å². The van der Waals surface area contributed by atoms with Crippen molar-refractivity contribution in [1.82, 2.24) is 0 Å². The van der Waals surface area contributed by atoms with E-state index in [1.165, 1.54) is 6.92 Å². The van der Waals surface area contributed by atoms with Crippen molar-refractivity contribution in [2.75, 3.05) is 6.61 Å². The molecule has 1 saturated heterocycles. The Labute approximate surface area is 366 Å². The number of hydrogen-bond acceptors (Lipinski definition) is 15. The predicted molar refractivity (Wildman–Crippen MR) is 223 cm³/mol. The van der Waals surface area contributed by atoms with Crippen molar-refractivity contribution in [1.29, 1.82) is 0 Å². The average molecular weight is 871 g/mol. The number of carbonyl (C=O) groups excluding carboxylic acids is 4. The summed E-state index contributed by atoms with van der Waals surface area (Å²) in [5.74, 6) is -3.10. The van der Waals surface area contributed by atoms with E-state index in [1.807, 2.05) is 121 Å². The van der Waals surface area contributed by atoms with E-state index in [9.17, 15) is 24.3 Å². The summed E-state index contributed by atoms with van der Waals surface area (Å²) in [4.78, 5) is 50.0. The Kier molecular flexibility index (Phi) is 17.3. The van der Waals surface area contributed by atoms with Crippen LogP contribution in [0.2, 0.25) is 0 Å². The van der Waals surface area contributed by atoms with Crippen LogP contribution in [0, 0.1) is 0 Å². The second kappa shape index (κ2) is 23.2. The second-order valence-electron chi connectivity index (χ2n) is 15.2. The minimum atomic E-state index is -1.67. The number of rotatable bonds is 19. The fraction of sp³-hybridized carbons (Fsp3) is 0.417. The third-order valence-corrected chi connectivity index (χ3v) is 10.3. The van der Waals surface area contributed by atoms with Crippen LogP contribution in [-0.4, -0.2) is 103 Å². The molecule has 6 rings (SSSR count). The Morgan fingerprint density at radius 3 is 1.19 bits per heavy atom. The maximum absolute atomic E-state index is 12.8. The van der Waals surface area contributed by atoms with Gasteiger partial charge in [-0.05, 0) is 22.3 Å². The van der Waals surface area contributed by atoms with E-state index >= 15 is 0 Å². The molecule has 1 heterocycles. The standard InChI is InChI=1S/C48H54O15/c1-30(49)54-29-38-40(59-31(2)50)46(60-32(3)51)47(61-33(4)52)48(62-38)63-42-39(53)41(55-25-34-17-9-5-10-18-34)43(56-26-35-19-11-6-12-20-35)45(58-28-37-23-15-8-16-24-37)44(42)57-27-36-21-13-7-14-22-36/h5-24,38-48,53H,25-29H2,1-4H3/t38-,39+,40-,41-,42-,43+,44+,45+,46+,47+,48-/m1/s1. The molecule has 0 aromatic heterocycles. The Morgan fingerprint density at radius 1 is 0.444 bits per heavy atom. The zero-order chi connectivity index (χ0) is 44.7. The highest BCUT2D eigenvalue weighted by Gasteiger charge is 2.58. The molecule has 2 aliphatic rings. The first kappa shape index (κ1) is 47.0. The second-order valence-corrected chi connectivity index (χ2v) is 15.2. The van der Waals surface area contributed by atoms with E-state index in [-0.39, 0.29) is 26.4 Å². The van der Waals surface area contributed by atoms with Gasteiger partial charge in [-0.25, -0.2) is 0 Å². The van der Waals surface area contributed by atoms with Gasteiger partial charge >= 0.3 is 23.9 Å². The lowest BCUT2D eigenvalue weighted by Crippen LogP contribution is -2.69. The van der Waals surface area contributed by atoms with Crippen molar-refractivity contribution in [2.24, 2.45) is 0 Å². The van der Waals surface area contributed by atoms with Crippen molar-refractivity contribution in [3.05, 3.63) is 144 Å². The molecule has 4 aromatic carbocycles. The molecule has 15 nitrogen and oxygen atoms in total. The van der Waals surface area contributed by atoms with E-state index < -0.39 is 97.8 Å². The van der Waals surface area contributed by atoms with Gasteiger partial charge in [0.15, 0.2) is 24.6 Å². The fourth-order valence-electron chi connectivity index (χ4n) is 7.58. The van der Waals surface area contributed by atoms with Crippen LogP contribution < -0.4 is 0 Å². The summed E-state index contributed by atoms with van der Waals surface area (Å²) in [5.41, 5.74) is 3.30. The molecule has 1 aliphatic carbocycles. The maximum Gasteiger partial charge on any atom is 0.303 e. The predicted octanol–water partition coefficient (Wildman–Crippen LogP) is 5.17. The average Bonchev–Trinajstić information content (AvgIpc) is 3.27. The van der Waals surface area contributed by atoms with Crippen LogP contribution in [0.1, 0.15) is 49.9 Å². The molecule has 11 atom stereocenters. The summed E-state index contributed by atoms with van der Waals surface area (Å²) in [6, 6.07) is 37.7. The van der Waals surface area contributed by atoms with Crippen molar-refractivity contribution in [3.63, 3.8) is 0 Å². The number of ether oxygens (including phenoxy) is 10. The summed E-state index contributed by atoms with van der Waals surface area (Å²) >= 11 is 0. The van der Waals surface area contributed by atoms with E-state index in [4.69, 9.17) is 47.4 Å². The summed E-state index contributed by atoms with van der Waals surface area (Å²) in [6.45, 7) is 4.37. The SMILES string of the molecule is CC(=O)OC[C@H]1O[C@H](O[C@@H]2[C@@H](O)[C@@H](OCc3ccccc3)[C@H](OCc3ccccc3)[C@H](OCc3ccccc3)[C@H]2OCc2ccccc2)[C@@H](OC(C)=O)[C@@H](OC(C)=O)[C@@H]1OC(C)=O. The molecular formula is C48H54O15. The minimum Gasteiger partial charge on any atom is -0.463 e. The molecule has 0 bridgehead atoms. The molecule has 0 radical (unpaired) electrons. The third-order valence-electron chi connectivity index (χ3n) is 10.3. The topological polar surface area (TPSA) is 181 Å². The number of carbonyl (C=O) groups is 4. The zero-order valence-electron chi connectivity index (χ0n) is 35.6. The van der Waals surface area contributed by atoms with Gasteiger partial charge in [0.2, 0.25) is 0 Å². The Balaban J connectivity index is 1.46. The lowest BCUT2D eigenvalue weighted by molar-refractivity contribution is -0.351. The molecule has 1 aliphatic heterocycles. The van der Waals surface area contributed by atoms with Crippen LogP contribution in [0.5, 0.6) is 0 Å². The van der Waals surface area contributed by atoms with Gasteiger partial charge in [-0.3, -0.25) is 19.2 Å². The molecule has 15 heteroatoms. The van der Waals surface area contributed by atoms with E-state index in [0.717, 1.165) is 43.0 Å². The smallest absolute Gasteiger partial charge is 0.303 e. The first-order chi connectivity index (χ1) is 30.5. The van der Waals surface area contributed by atoms with E-state index in [0.29, 0.717) is 0 Å².